The molecule has 3 atom stereocenters. The van der Waals surface area contributed by atoms with Crippen LogP contribution in [0.4, 0.5) is 0 Å². The van der Waals surface area contributed by atoms with Gasteiger partial charge >= 0.3 is 0 Å². The van der Waals surface area contributed by atoms with Crippen LogP contribution >= 0.6 is 0 Å². The van der Waals surface area contributed by atoms with Gasteiger partial charge in [0.25, 0.3) is 0 Å². The SMILES string of the molecule is CNCC1CCCN(C2CS(=O)(=O)CC2O)C1. The third-order valence-corrected chi connectivity index (χ3v) is 5.50. The summed E-state index contributed by atoms with van der Waals surface area (Å²) in [5, 5.41) is 13.0. The lowest BCUT2D eigenvalue weighted by Gasteiger charge is -2.37. The molecule has 0 aromatic heterocycles. The number of nitrogens with one attached hydrogen (secondary N) is 1. The Bertz CT molecular complexity index is 356. The van der Waals surface area contributed by atoms with Gasteiger partial charge in [0.05, 0.1) is 23.7 Å². The molecule has 0 bridgehead atoms. The number of likely N-dealkylation sites (tertiary alicyclic amines) is 1. The number of aliphatic hydroxyl groups excluding tert-OH is 1. The highest BCUT2D eigenvalue weighted by atomic mass is 32.2. The summed E-state index contributed by atoms with van der Waals surface area (Å²) in [5.74, 6) is 0.634. The number of sulfone groups is 1. The van der Waals surface area contributed by atoms with Crippen molar-refractivity contribution in [3.05, 3.63) is 0 Å². The molecule has 0 amide bonds. The third kappa shape index (κ3) is 3.19. The average Bonchev–Trinajstić information content (AvgIpc) is 2.53. The normalized spacial score (nSPS) is 38.4. The Labute approximate surface area is 103 Å². The summed E-state index contributed by atoms with van der Waals surface area (Å²) >= 11 is 0. The monoisotopic (exact) mass is 262 g/mol. The minimum Gasteiger partial charge on any atom is -0.390 e. The van der Waals surface area contributed by atoms with Crippen LogP contribution in [0, 0.1) is 5.92 Å². The molecule has 17 heavy (non-hydrogen) atoms. The molecule has 0 aliphatic carbocycles. The average molecular weight is 262 g/mol. The largest absolute Gasteiger partial charge is 0.390 e. The van der Waals surface area contributed by atoms with Gasteiger partial charge in [-0.25, -0.2) is 8.42 Å². The highest BCUT2D eigenvalue weighted by Gasteiger charge is 2.41. The smallest absolute Gasteiger partial charge is 0.154 e. The van der Waals surface area contributed by atoms with Crippen LogP contribution in [0.15, 0.2) is 0 Å². The first-order valence-corrected chi connectivity index (χ1v) is 8.11. The van der Waals surface area contributed by atoms with E-state index >= 15 is 0 Å². The first-order chi connectivity index (χ1) is 8.02. The summed E-state index contributed by atoms with van der Waals surface area (Å²) in [5.41, 5.74) is 0. The molecule has 0 aromatic carbocycles. The minimum absolute atomic E-state index is 0.0646. The Balaban J connectivity index is 1.98. The number of aliphatic hydroxyl groups is 1. The summed E-state index contributed by atoms with van der Waals surface area (Å²) in [6.07, 6.45) is 1.58. The second kappa shape index (κ2) is 5.22. The Kier molecular flexibility index (Phi) is 4.07. The topological polar surface area (TPSA) is 69.6 Å². The number of piperidine rings is 1. The second-order valence-corrected chi connectivity index (χ2v) is 7.43. The van der Waals surface area contributed by atoms with E-state index in [1.54, 1.807) is 0 Å². The fourth-order valence-corrected chi connectivity index (χ4v) is 4.84. The molecule has 2 rings (SSSR count). The van der Waals surface area contributed by atoms with E-state index in [1.165, 1.54) is 6.42 Å². The molecule has 3 unspecified atom stereocenters. The van der Waals surface area contributed by atoms with Crippen molar-refractivity contribution in [2.45, 2.75) is 25.0 Å². The molecular formula is C11H22N2O3S. The molecule has 2 heterocycles. The molecule has 0 spiro atoms. The van der Waals surface area contributed by atoms with Crippen LogP contribution in [0.5, 0.6) is 0 Å². The van der Waals surface area contributed by atoms with Crippen LogP contribution in [0.2, 0.25) is 0 Å². The molecule has 2 saturated heterocycles. The molecule has 100 valence electrons. The summed E-state index contributed by atoms with van der Waals surface area (Å²) in [6, 6.07) is -0.181. The molecule has 2 N–H and O–H groups in total. The lowest BCUT2D eigenvalue weighted by molar-refractivity contribution is 0.0538. The summed E-state index contributed by atoms with van der Waals surface area (Å²) in [4.78, 5) is 2.17. The van der Waals surface area contributed by atoms with Crippen LogP contribution < -0.4 is 5.32 Å². The molecular weight excluding hydrogens is 240 g/mol. The Morgan fingerprint density at radius 1 is 1.41 bits per heavy atom. The summed E-state index contributed by atoms with van der Waals surface area (Å²) < 4.78 is 23.0. The van der Waals surface area contributed by atoms with Gasteiger partial charge in [-0.3, -0.25) is 4.90 Å². The number of hydrogen-bond donors (Lipinski definition) is 2. The van der Waals surface area contributed by atoms with Crippen LogP contribution in [-0.2, 0) is 9.84 Å². The highest BCUT2D eigenvalue weighted by Crippen LogP contribution is 2.24. The lowest BCUT2D eigenvalue weighted by atomic mass is 9.96. The van der Waals surface area contributed by atoms with Gasteiger partial charge in [-0.05, 0) is 38.9 Å². The predicted octanol–water partition coefficient (Wildman–Crippen LogP) is -0.924. The zero-order valence-electron chi connectivity index (χ0n) is 10.3. The van der Waals surface area contributed by atoms with Gasteiger partial charge in [0.1, 0.15) is 0 Å². The Hall–Kier alpha value is -0.170. The van der Waals surface area contributed by atoms with E-state index in [0.717, 1.165) is 26.1 Å². The van der Waals surface area contributed by atoms with Crippen molar-refractivity contribution in [1.29, 1.82) is 0 Å². The second-order valence-electron chi connectivity index (χ2n) is 5.27. The van der Waals surface area contributed by atoms with Crippen molar-refractivity contribution in [3.63, 3.8) is 0 Å². The van der Waals surface area contributed by atoms with E-state index in [9.17, 15) is 13.5 Å². The molecule has 0 aromatic rings. The molecule has 2 aliphatic rings. The van der Waals surface area contributed by atoms with E-state index in [-0.39, 0.29) is 17.5 Å². The first-order valence-electron chi connectivity index (χ1n) is 6.29. The maximum atomic E-state index is 11.5. The lowest BCUT2D eigenvalue weighted by Crippen LogP contribution is -2.49. The van der Waals surface area contributed by atoms with Gasteiger partial charge in [-0.15, -0.1) is 0 Å². The molecule has 2 fully saturated rings. The maximum absolute atomic E-state index is 11.5. The third-order valence-electron chi connectivity index (χ3n) is 3.81. The molecule has 6 heteroatoms. The first kappa shape index (κ1) is 13.3. The molecule has 5 nitrogen and oxygen atoms in total. The van der Waals surface area contributed by atoms with E-state index in [2.05, 4.69) is 10.2 Å². The van der Waals surface area contributed by atoms with Crippen LogP contribution in [-0.4, -0.2) is 68.8 Å². The quantitative estimate of drug-likeness (QED) is 0.688. The van der Waals surface area contributed by atoms with Gasteiger partial charge in [-0.1, -0.05) is 0 Å². The van der Waals surface area contributed by atoms with Crippen molar-refractivity contribution in [3.8, 4) is 0 Å². The van der Waals surface area contributed by atoms with Crippen molar-refractivity contribution >= 4 is 9.84 Å². The van der Waals surface area contributed by atoms with Gasteiger partial charge in [0.2, 0.25) is 0 Å². The minimum atomic E-state index is -3.03. The number of rotatable bonds is 3. The highest BCUT2D eigenvalue weighted by molar-refractivity contribution is 7.91. The van der Waals surface area contributed by atoms with E-state index in [0.29, 0.717) is 5.92 Å². The zero-order chi connectivity index (χ0) is 12.5. The van der Waals surface area contributed by atoms with E-state index < -0.39 is 15.9 Å². The van der Waals surface area contributed by atoms with Gasteiger partial charge in [-0.2, -0.15) is 0 Å². The zero-order valence-corrected chi connectivity index (χ0v) is 11.1. The predicted molar refractivity (Wildman–Crippen MR) is 66.7 cm³/mol. The van der Waals surface area contributed by atoms with Crippen molar-refractivity contribution in [2.75, 3.05) is 38.2 Å². The van der Waals surface area contributed by atoms with Crippen molar-refractivity contribution in [2.24, 2.45) is 5.92 Å². The fraction of sp³-hybridized carbons (Fsp3) is 1.00. The summed E-state index contributed by atoms with van der Waals surface area (Å²) in [7, 11) is -1.09. The fourth-order valence-electron chi connectivity index (χ4n) is 3.01. The number of nitrogens with zero attached hydrogens (tertiary/aromatic N) is 1. The number of hydrogen-bond acceptors (Lipinski definition) is 5. The standard InChI is InChI=1S/C11H22N2O3S/c1-12-5-9-3-2-4-13(6-9)10-7-17(15,16)8-11(10)14/h9-12,14H,2-8H2,1H3. The summed E-state index contributed by atoms with van der Waals surface area (Å²) in [6.45, 7) is 2.78. The van der Waals surface area contributed by atoms with Crippen LogP contribution in [0.1, 0.15) is 12.8 Å². The Morgan fingerprint density at radius 3 is 2.76 bits per heavy atom. The van der Waals surface area contributed by atoms with E-state index in [4.69, 9.17) is 0 Å². The van der Waals surface area contributed by atoms with Crippen molar-refractivity contribution < 1.29 is 13.5 Å². The Morgan fingerprint density at radius 2 is 2.18 bits per heavy atom. The van der Waals surface area contributed by atoms with Gasteiger partial charge < -0.3 is 10.4 Å². The van der Waals surface area contributed by atoms with E-state index in [1.807, 2.05) is 7.05 Å². The molecule has 0 saturated carbocycles. The van der Waals surface area contributed by atoms with Gasteiger partial charge in [0, 0.05) is 6.54 Å². The van der Waals surface area contributed by atoms with Crippen LogP contribution in [0.3, 0.4) is 0 Å². The van der Waals surface area contributed by atoms with Crippen LogP contribution in [0.25, 0.3) is 0 Å². The van der Waals surface area contributed by atoms with Crippen molar-refractivity contribution in [1.82, 2.24) is 10.2 Å². The molecule has 2 aliphatic heterocycles. The van der Waals surface area contributed by atoms with Gasteiger partial charge in [0.15, 0.2) is 9.84 Å². The molecule has 0 radical (unpaired) electrons. The maximum Gasteiger partial charge on any atom is 0.154 e.